The van der Waals surface area contributed by atoms with Crippen LogP contribution in [0.15, 0.2) is 211 Å². The third kappa shape index (κ3) is 4.83. The fourth-order valence-corrected chi connectivity index (χ4v) is 9.32. The third-order valence-electron chi connectivity index (χ3n) is 11.7. The van der Waals surface area contributed by atoms with Crippen LogP contribution in [0.1, 0.15) is 6.85 Å². The van der Waals surface area contributed by atoms with E-state index in [1.165, 1.54) is 10.8 Å². The Morgan fingerprint density at radius 1 is 0.316 bits per heavy atom. The number of hydrogen-bond donors (Lipinski definition) is 0. The minimum absolute atomic E-state index is 0.205. The molecule has 0 aliphatic heterocycles. The van der Waals surface area contributed by atoms with Crippen LogP contribution in [0.4, 0.5) is 0 Å². The first-order valence-electron chi connectivity index (χ1n) is 21.8. The van der Waals surface area contributed by atoms with Gasteiger partial charge in [0.2, 0.25) is 0 Å². The Labute approximate surface area is 336 Å². The van der Waals surface area contributed by atoms with Crippen molar-refractivity contribution in [3.05, 3.63) is 206 Å². The van der Waals surface area contributed by atoms with Gasteiger partial charge in [0, 0.05) is 10.8 Å². The fourth-order valence-electron chi connectivity index (χ4n) is 9.32. The second kappa shape index (κ2) is 12.5. The van der Waals surface area contributed by atoms with Gasteiger partial charge in [-0.25, -0.2) is 0 Å². The van der Waals surface area contributed by atoms with Gasteiger partial charge in [0.15, 0.2) is 0 Å². The average Bonchev–Trinajstić information content (AvgIpc) is 3.71. The van der Waals surface area contributed by atoms with Crippen molar-refractivity contribution >= 4 is 75.8 Å². The Morgan fingerprint density at radius 2 is 0.877 bits per heavy atom. The third-order valence-corrected chi connectivity index (χ3v) is 11.7. The number of furan rings is 1. The molecule has 0 saturated heterocycles. The Balaban J connectivity index is 1.11. The molecule has 0 fully saturated rings. The van der Waals surface area contributed by atoms with Gasteiger partial charge in [-0.15, -0.1) is 0 Å². The summed E-state index contributed by atoms with van der Waals surface area (Å²) in [5.41, 5.74) is 9.21. The largest absolute Gasteiger partial charge is 0.456 e. The van der Waals surface area contributed by atoms with Gasteiger partial charge in [-0.3, -0.25) is 0 Å². The van der Waals surface area contributed by atoms with Crippen LogP contribution >= 0.6 is 0 Å². The van der Waals surface area contributed by atoms with Gasteiger partial charge < -0.3 is 4.42 Å². The highest BCUT2D eigenvalue weighted by Gasteiger charge is 2.20. The van der Waals surface area contributed by atoms with E-state index in [1.807, 2.05) is 54.6 Å². The monoisotopic (exact) mass is 727 g/mol. The number of fused-ring (bicyclic) bond motifs is 9. The van der Waals surface area contributed by atoms with E-state index in [0.29, 0.717) is 5.56 Å². The highest BCUT2D eigenvalue weighted by atomic mass is 16.3. The van der Waals surface area contributed by atoms with Gasteiger partial charge in [-0.2, -0.15) is 0 Å². The quantitative estimate of drug-likeness (QED) is 0.130. The summed E-state index contributed by atoms with van der Waals surface area (Å²) in [5, 5.41) is 12.6. The summed E-state index contributed by atoms with van der Waals surface area (Å²) in [5.74, 6) is 0. The lowest BCUT2D eigenvalue weighted by Crippen LogP contribution is -1.93. The van der Waals surface area contributed by atoms with Crippen molar-refractivity contribution in [2.45, 2.75) is 0 Å². The van der Waals surface area contributed by atoms with Crippen LogP contribution in [-0.2, 0) is 0 Å². The van der Waals surface area contributed by atoms with E-state index in [-0.39, 0.29) is 29.7 Å². The molecule has 264 valence electrons. The van der Waals surface area contributed by atoms with E-state index in [0.717, 1.165) is 98.4 Å². The molecule has 0 radical (unpaired) electrons. The van der Waals surface area contributed by atoms with Gasteiger partial charge >= 0.3 is 0 Å². The molecule has 0 bridgehead atoms. The predicted molar refractivity (Wildman–Crippen MR) is 243 cm³/mol. The minimum Gasteiger partial charge on any atom is -0.456 e. The van der Waals surface area contributed by atoms with Crippen LogP contribution in [0, 0.1) is 0 Å². The standard InChI is InChI=1S/C56H34O/c1-2-15-35(16-3-1)54-44-21-8-10-23-46(44)55(47-24-11-9-22-45(47)54)48-32-31-42(40-19-6-7-20-41(40)48)51-33-36-17-4-5-18-38(36)50-34-37(29-30-43(50)51)39-26-14-28-53-56(39)49-25-12-13-27-52(49)57-53/h1-34H/i1D,2D,3D,15D,16D. The topological polar surface area (TPSA) is 13.1 Å². The molecule has 11 aromatic carbocycles. The second-order valence-corrected chi connectivity index (χ2v) is 14.7. The van der Waals surface area contributed by atoms with E-state index < -0.39 is 6.04 Å². The molecule has 1 nitrogen and oxygen atoms in total. The predicted octanol–water partition coefficient (Wildman–Crippen LogP) is 16.0. The Kier molecular flexibility index (Phi) is 5.97. The molecule has 0 N–H and O–H groups in total. The molecule has 1 heterocycles. The number of rotatable bonds is 4. The summed E-state index contributed by atoms with van der Waals surface area (Å²) < 4.78 is 49.7. The van der Waals surface area contributed by atoms with Crippen LogP contribution in [-0.4, -0.2) is 0 Å². The van der Waals surface area contributed by atoms with Gasteiger partial charge in [0.05, 0.1) is 6.85 Å². The van der Waals surface area contributed by atoms with Crippen LogP contribution < -0.4 is 0 Å². The van der Waals surface area contributed by atoms with Gasteiger partial charge in [0.1, 0.15) is 11.2 Å². The average molecular weight is 728 g/mol. The van der Waals surface area contributed by atoms with E-state index >= 15 is 0 Å². The molecule has 12 aromatic rings. The zero-order valence-electron chi connectivity index (χ0n) is 35.7. The van der Waals surface area contributed by atoms with Crippen molar-refractivity contribution in [3.63, 3.8) is 0 Å². The number of benzene rings is 11. The van der Waals surface area contributed by atoms with Crippen molar-refractivity contribution in [2.75, 3.05) is 0 Å². The normalized spacial score (nSPS) is 13.1. The van der Waals surface area contributed by atoms with Crippen LogP contribution in [0.2, 0.25) is 0 Å². The summed E-state index contributed by atoms with van der Waals surface area (Å²) in [6.45, 7) is 0. The van der Waals surface area contributed by atoms with Crippen molar-refractivity contribution < 1.29 is 11.3 Å². The summed E-state index contributed by atoms with van der Waals surface area (Å²) in [6.07, 6.45) is 0. The Bertz CT molecular complexity index is 3800. The van der Waals surface area contributed by atoms with Crippen molar-refractivity contribution in [3.8, 4) is 44.5 Å². The Hall–Kier alpha value is -7.48. The zero-order valence-corrected chi connectivity index (χ0v) is 30.7. The molecule has 1 aromatic heterocycles. The molecule has 57 heavy (non-hydrogen) atoms. The Morgan fingerprint density at radius 3 is 1.61 bits per heavy atom. The SMILES string of the molecule is [2H]c1c([2H])c([2H])c(-c2c3ccccc3c(-c3ccc(-c4cc5ccccc5c5cc(-c6cccc7oc8ccccc8c67)ccc45)c4ccccc34)c3ccccc23)c([2H])c1[2H]. The van der Waals surface area contributed by atoms with E-state index in [2.05, 4.69) is 121 Å². The van der Waals surface area contributed by atoms with Crippen LogP contribution in [0.5, 0.6) is 0 Å². The molecule has 0 aliphatic carbocycles. The lowest BCUT2D eigenvalue weighted by molar-refractivity contribution is 0.669. The first-order valence-corrected chi connectivity index (χ1v) is 19.3. The molecular formula is C56H34O. The van der Waals surface area contributed by atoms with Gasteiger partial charge in [-0.05, 0) is 123 Å². The first kappa shape index (κ1) is 27.2. The molecule has 0 saturated carbocycles. The summed E-state index contributed by atoms with van der Waals surface area (Å²) >= 11 is 0. The first-order chi connectivity index (χ1) is 30.4. The maximum absolute atomic E-state index is 9.00. The minimum atomic E-state index is -0.402. The highest BCUT2D eigenvalue weighted by molar-refractivity contribution is 6.25. The van der Waals surface area contributed by atoms with Crippen molar-refractivity contribution in [2.24, 2.45) is 0 Å². The van der Waals surface area contributed by atoms with Crippen LogP contribution in [0.3, 0.4) is 0 Å². The number of para-hydroxylation sites is 1. The second-order valence-electron chi connectivity index (χ2n) is 14.7. The maximum Gasteiger partial charge on any atom is 0.136 e. The number of hydrogen-bond acceptors (Lipinski definition) is 1. The van der Waals surface area contributed by atoms with Crippen molar-refractivity contribution in [1.29, 1.82) is 0 Å². The summed E-state index contributed by atoms with van der Waals surface area (Å²) in [6, 6.07) is 60.0. The lowest BCUT2D eigenvalue weighted by Gasteiger charge is -2.20. The molecular weight excluding hydrogens is 689 g/mol. The van der Waals surface area contributed by atoms with Crippen molar-refractivity contribution in [1.82, 2.24) is 0 Å². The lowest BCUT2D eigenvalue weighted by atomic mass is 9.83. The molecule has 0 unspecified atom stereocenters. The summed E-state index contributed by atoms with van der Waals surface area (Å²) in [4.78, 5) is 0. The molecule has 0 spiro atoms. The highest BCUT2D eigenvalue weighted by Crippen LogP contribution is 2.48. The van der Waals surface area contributed by atoms with Crippen LogP contribution in [0.25, 0.3) is 120 Å². The molecule has 12 rings (SSSR count). The fraction of sp³-hybridized carbons (Fsp3) is 0. The van der Waals surface area contributed by atoms with Gasteiger partial charge in [-0.1, -0.05) is 182 Å². The smallest absolute Gasteiger partial charge is 0.136 e. The zero-order chi connectivity index (χ0) is 41.8. The molecule has 0 aliphatic rings. The van der Waals surface area contributed by atoms with E-state index in [4.69, 9.17) is 11.3 Å². The maximum atomic E-state index is 9.00. The molecule has 0 atom stereocenters. The van der Waals surface area contributed by atoms with E-state index in [1.54, 1.807) is 0 Å². The summed E-state index contributed by atoms with van der Waals surface area (Å²) in [7, 11) is 0. The molecule has 0 amide bonds. The van der Waals surface area contributed by atoms with E-state index in [9.17, 15) is 0 Å². The van der Waals surface area contributed by atoms with Gasteiger partial charge in [0.25, 0.3) is 0 Å². The molecule has 1 heteroatoms.